The van der Waals surface area contributed by atoms with Crippen LogP contribution in [-0.2, 0) is 11.2 Å². The third kappa shape index (κ3) is 1.95. The van der Waals surface area contributed by atoms with Gasteiger partial charge in [0, 0.05) is 18.2 Å². The summed E-state index contributed by atoms with van der Waals surface area (Å²) in [6, 6.07) is 5.48. The quantitative estimate of drug-likeness (QED) is 0.759. The van der Waals surface area contributed by atoms with Crippen LogP contribution < -0.4 is 4.90 Å². The van der Waals surface area contributed by atoms with Crippen molar-refractivity contribution < 1.29 is 9.21 Å². The second kappa shape index (κ2) is 4.53. The SMILES string of the molecule is N#CCN1C(=O)CCc2cnc(-c3ccco3)nc21. The van der Waals surface area contributed by atoms with Crippen LogP contribution in [0.2, 0.25) is 0 Å². The number of anilines is 1. The van der Waals surface area contributed by atoms with Crippen LogP contribution in [-0.4, -0.2) is 22.4 Å². The lowest BCUT2D eigenvalue weighted by atomic mass is 10.1. The monoisotopic (exact) mass is 254 g/mol. The molecule has 94 valence electrons. The second-order valence-corrected chi connectivity index (χ2v) is 4.16. The minimum absolute atomic E-state index is 0.000438. The number of furan rings is 1. The molecule has 19 heavy (non-hydrogen) atoms. The predicted molar refractivity (Wildman–Crippen MR) is 66.0 cm³/mol. The average Bonchev–Trinajstić information content (AvgIpc) is 2.96. The molecule has 0 saturated heterocycles. The summed E-state index contributed by atoms with van der Waals surface area (Å²) in [4.78, 5) is 21.8. The standard InChI is InChI=1S/C13H10N4O2/c14-5-6-17-11(18)4-3-9-8-15-12(16-13(9)17)10-2-1-7-19-10/h1-2,7-8H,3-4,6H2. The van der Waals surface area contributed by atoms with Gasteiger partial charge in [-0.15, -0.1) is 0 Å². The van der Waals surface area contributed by atoms with Gasteiger partial charge in [0.25, 0.3) is 0 Å². The van der Waals surface area contributed by atoms with Crippen LogP contribution in [0.5, 0.6) is 0 Å². The molecule has 0 radical (unpaired) electrons. The minimum Gasteiger partial charge on any atom is -0.461 e. The molecule has 0 atom stereocenters. The summed E-state index contributed by atoms with van der Waals surface area (Å²) in [5.74, 6) is 1.39. The first kappa shape index (κ1) is 11.4. The van der Waals surface area contributed by atoms with Crippen LogP contribution in [0.25, 0.3) is 11.6 Å². The molecule has 0 spiro atoms. The highest BCUT2D eigenvalue weighted by Crippen LogP contribution is 2.27. The van der Waals surface area contributed by atoms with Gasteiger partial charge in [0.05, 0.1) is 12.3 Å². The number of nitrogens with zero attached hydrogens (tertiary/aromatic N) is 4. The first-order valence-electron chi connectivity index (χ1n) is 5.86. The van der Waals surface area contributed by atoms with Crippen molar-refractivity contribution in [3.8, 4) is 17.7 Å². The molecule has 0 saturated carbocycles. The number of aryl methyl sites for hydroxylation is 1. The third-order valence-electron chi connectivity index (χ3n) is 2.98. The lowest BCUT2D eigenvalue weighted by Crippen LogP contribution is -2.36. The zero-order chi connectivity index (χ0) is 13.2. The molecule has 1 amide bonds. The molecule has 1 aliphatic heterocycles. The molecular formula is C13H10N4O2. The molecule has 0 fully saturated rings. The summed E-state index contributed by atoms with van der Waals surface area (Å²) < 4.78 is 5.24. The fourth-order valence-corrected chi connectivity index (χ4v) is 2.06. The summed E-state index contributed by atoms with van der Waals surface area (Å²) >= 11 is 0. The number of carbonyl (C=O) groups excluding carboxylic acids is 1. The van der Waals surface area contributed by atoms with E-state index in [-0.39, 0.29) is 12.5 Å². The zero-order valence-electron chi connectivity index (χ0n) is 10.0. The van der Waals surface area contributed by atoms with E-state index in [9.17, 15) is 4.79 Å². The Labute approximate surface area is 109 Å². The Hall–Kier alpha value is -2.68. The van der Waals surface area contributed by atoms with Crippen molar-refractivity contribution in [2.75, 3.05) is 11.4 Å². The molecule has 2 aromatic rings. The third-order valence-corrected chi connectivity index (χ3v) is 2.98. The van der Waals surface area contributed by atoms with E-state index >= 15 is 0 Å². The van der Waals surface area contributed by atoms with Crippen LogP contribution in [0.15, 0.2) is 29.0 Å². The molecule has 0 aromatic carbocycles. The van der Waals surface area contributed by atoms with Crippen LogP contribution in [0.1, 0.15) is 12.0 Å². The Kier molecular flexibility index (Phi) is 2.72. The fourth-order valence-electron chi connectivity index (χ4n) is 2.06. The van der Waals surface area contributed by atoms with Crippen molar-refractivity contribution in [1.82, 2.24) is 9.97 Å². The van der Waals surface area contributed by atoms with Crippen molar-refractivity contribution in [1.29, 1.82) is 5.26 Å². The Balaban J connectivity index is 2.07. The van der Waals surface area contributed by atoms with E-state index in [1.54, 1.807) is 18.3 Å². The summed E-state index contributed by atoms with van der Waals surface area (Å²) in [6.45, 7) is 0.000438. The highest BCUT2D eigenvalue weighted by molar-refractivity contribution is 5.95. The highest BCUT2D eigenvalue weighted by atomic mass is 16.3. The van der Waals surface area contributed by atoms with Crippen LogP contribution in [0.4, 0.5) is 5.82 Å². The molecule has 0 aliphatic carbocycles. The van der Waals surface area contributed by atoms with E-state index < -0.39 is 0 Å². The Bertz CT molecular complexity index is 658. The predicted octanol–water partition coefficient (Wildman–Crippen LogP) is 1.54. The Morgan fingerprint density at radius 2 is 2.37 bits per heavy atom. The molecular weight excluding hydrogens is 244 g/mol. The van der Waals surface area contributed by atoms with Crippen molar-refractivity contribution in [3.63, 3.8) is 0 Å². The van der Waals surface area contributed by atoms with E-state index in [0.717, 1.165) is 5.56 Å². The summed E-state index contributed by atoms with van der Waals surface area (Å²) in [5, 5.41) is 8.81. The maximum absolute atomic E-state index is 11.8. The number of amides is 1. The molecule has 3 heterocycles. The van der Waals surface area contributed by atoms with Crippen molar-refractivity contribution >= 4 is 11.7 Å². The van der Waals surface area contributed by atoms with Crippen LogP contribution >= 0.6 is 0 Å². The van der Waals surface area contributed by atoms with Crippen molar-refractivity contribution in [3.05, 3.63) is 30.2 Å². The van der Waals surface area contributed by atoms with Gasteiger partial charge in [-0.1, -0.05) is 0 Å². The van der Waals surface area contributed by atoms with Crippen molar-refractivity contribution in [2.24, 2.45) is 0 Å². The smallest absolute Gasteiger partial charge is 0.229 e. The Morgan fingerprint density at radius 1 is 1.47 bits per heavy atom. The number of hydrogen-bond donors (Lipinski definition) is 0. The number of rotatable bonds is 2. The van der Waals surface area contributed by atoms with Gasteiger partial charge in [-0.25, -0.2) is 9.97 Å². The largest absolute Gasteiger partial charge is 0.461 e. The Morgan fingerprint density at radius 3 is 3.11 bits per heavy atom. The summed E-state index contributed by atoms with van der Waals surface area (Å²) in [5.41, 5.74) is 0.880. The van der Waals surface area contributed by atoms with E-state index in [1.807, 2.05) is 6.07 Å². The molecule has 6 nitrogen and oxygen atoms in total. The van der Waals surface area contributed by atoms with Gasteiger partial charge >= 0.3 is 0 Å². The zero-order valence-corrected chi connectivity index (χ0v) is 10.0. The number of fused-ring (bicyclic) bond motifs is 1. The van der Waals surface area contributed by atoms with Gasteiger partial charge in [0.1, 0.15) is 12.4 Å². The van der Waals surface area contributed by atoms with Gasteiger partial charge in [0.15, 0.2) is 11.6 Å². The average molecular weight is 254 g/mol. The van der Waals surface area contributed by atoms with Gasteiger partial charge in [-0.3, -0.25) is 9.69 Å². The molecule has 6 heteroatoms. The maximum Gasteiger partial charge on any atom is 0.229 e. The van der Waals surface area contributed by atoms with E-state index in [1.165, 1.54) is 11.2 Å². The molecule has 0 N–H and O–H groups in total. The van der Waals surface area contributed by atoms with E-state index in [4.69, 9.17) is 9.68 Å². The van der Waals surface area contributed by atoms with Crippen molar-refractivity contribution in [2.45, 2.75) is 12.8 Å². The lowest BCUT2D eigenvalue weighted by Gasteiger charge is -2.25. The molecule has 2 aromatic heterocycles. The topological polar surface area (TPSA) is 83.0 Å². The molecule has 0 unspecified atom stereocenters. The van der Waals surface area contributed by atoms with Crippen LogP contribution in [0.3, 0.4) is 0 Å². The fraction of sp³-hybridized carbons (Fsp3) is 0.231. The van der Waals surface area contributed by atoms with Crippen LogP contribution in [0, 0.1) is 11.3 Å². The number of carbonyl (C=O) groups is 1. The molecule has 3 rings (SSSR count). The van der Waals surface area contributed by atoms with E-state index in [2.05, 4.69) is 9.97 Å². The minimum atomic E-state index is -0.0851. The highest BCUT2D eigenvalue weighted by Gasteiger charge is 2.26. The first-order valence-corrected chi connectivity index (χ1v) is 5.86. The van der Waals surface area contributed by atoms with Gasteiger partial charge in [0.2, 0.25) is 5.91 Å². The van der Waals surface area contributed by atoms with E-state index in [0.29, 0.717) is 30.2 Å². The summed E-state index contributed by atoms with van der Waals surface area (Å²) in [6.07, 6.45) is 4.22. The lowest BCUT2D eigenvalue weighted by molar-refractivity contribution is -0.118. The normalized spacial score (nSPS) is 14.1. The molecule has 1 aliphatic rings. The number of hydrogen-bond acceptors (Lipinski definition) is 5. The molecule has 0 bridgehead atoms. The number of nitriles is 1. The van der Waals surface area contributed by atoms with Gasteiger partial charge in [-0.2, -0.15) is 5.26 Å². The second-order valence-electron chi connectivity index (χ2n) is 4.16. The number of aromatic nitrogens is 2. The van der Waals surface area contributed by atoms with Gasteiger partial charge < -0.3 is 4.42 Å². The maximum atomic E-state index is 11.8. The first-order chi connectivity index (χ1) is 9.29. The summed E-state index contributed by atoms with van der Waals surface area (Å²) in [7, 11) is 0. The van der Waals surface area contributed by atoms with Gasteiger partial charge in [-0.05, 0) is 18.6 Å².